The minimum atomic E-state index is -0.118. The van der Waals surface area contributed by atoms with Gasteiger partial charge in [-0.1, -0.05) is 36.4 Å². The molecule has 130 valence electrons. The zero-order chi connectivity index (χ0) is 16.8. The van der Waals surface area contributed by atoms with Gasteiger partial charge in [-0.15, -0.1) is 0 Å². The minimum absolute atomic E-state index is 0.0424. The maximum atomic E-state index is 11.9. The maximum Gasteiger partial charge on any atom is 0.315 e. The van der Waals surface area contributed by atoms with E-state index in [-0.39, 0.29) is 24.6 Å². The van der Waals surface area contributed by atoms with Crippen LogP contribution in [0.5, 0.6) is 0 Å². The first-order valence-electron chi connectivity index (χ1n) is 8.87. The highest BCUT2D eigenvalue weighted by molar-refractivity contribution is 5.74. The van der Waals surface area contributed by atoms with Gasteiger partial charge in [-0.05, 0) is 30.4 Å². The van der Waals surface area contributed by atoms with Crippen molar-refractivity contribution in [2.75, 3.05) is 26.2 Å². The Labute approximate surface area is 143 Å². The molecule has 3 rings (SSSR count). The number of nitrogens with zero attached hydrogens (tertiary/aromatic N) is 1. The number of hydrogen-bond donors (Lipinski definition) is 3. The number of nitrogens with one attached hydrogen (secondary N) is 2. The lowest BCUT2D eigenvalue weighted by Gasteiger charge is -2.28. The number of hydrogen-bond acceptors (Lipinski definition) is 3. The molecule has 2 atom stereocenters. The molecule has 0 spiro atoms. The summed E-state index contributed by atoms with van der Waals surface area (Å²) in [6.07, 6.45) is 6.79. The molecule has 1 aromatic rings. The van der Waals surface area contributed by atoms with E-state index in [1.807, 2.05) is 12.2 Å². The number of aliphatic hydroxyl groups is 1. The molecule has 0 fully saturated rings. The summed E-state index contributed by atoms with van der Waals surface area (Å²) < 4.78 is 0. The van der Waals surface area contributed by atoms with Crippen molar-refractivity contribution < 1.29 is 9.90 Å². The van der Waals surface area contributed by atoms with Gasteiger partial charge in [0, 0.05) is 44.7 Å². The van der Waals surface area contributed by atoms with Crippen LogP contribution in [-0.4, -0.2) is 48.3 Å². The average molecular weight is 329 g/mol. The smallest absolute Gasteiger partial charge is 0.315 e. The van der Waals surface area contributed by atoms with Crippen molar-refractivity contribution in [3.05, 3.63) is 47.5 Å². The van der Waals surface area contributed by atoms with Gasteiger partial charge < -0.3 is 15.7 Å². The van der Waals surface area contributed by atoms with Crippen molar-refractivity contribution in [2.24, 2.45) is 5.92 Å². The van der Waals surface area contributed by atoms with Crippen LogP contribution in [0, 0.1) is 5.92 Å². The van der Waals surface area contributed by atoms with Crippen molar-refractivity contribution in [3.63, 3.8) is 0 Å². The maximum absolute atomic E-state index is 11.9. The standard InChI is InChI=1S/C19H27N3O2/c23-14-15-6-7-18(12-15)21-19(24)20-9-3-10-22-11-8-16-4-1-2-5-17(16)13-22/h1-2,4-7,15,18,23H,3,8-14H2,(H2,20,21,24)/t15-,18+/m0/s1. The first-order chi connectivity index (χ1) is 11.7. The third kappa shape index (κ3) is 4.58. The Hall–Kier alpha value is -1.85. The molecule has 0 saturated carbocycles. The predicted molar refractivity (Wildman–Crippen MR) is 94.7 cm³/mol. The van der Waals surface area contributed by atoms with E-state index in [9.17, 15) is 4.79 Å². The average Bonchev–Trinajstić information content (AvgIpc) is 3.06. The van der Waals surface area contributed by atoms with Crippen LogP contribution in [0.15, 0.2) is 36.4 Å². The van der Waals surface area contributed by atoms with E-state index in [0.717, 1.165) is 38.9 Å². The quantitative estimate of drug-likeness (QED) is 0.549. The summed E-state index contributed by atoms with van der Waals surface area (Å²) in [7, 11) is 0. The Morgan fingerprint density at radius 1 is 1.25 bits per heavy atom. The highest BCUT2D eigenvalue weighted by atomic mass is 16.3. The lowest BCUT2D eigenvalue weighted by atomic mass is 10.00. The number of benzene rings is 1. The molecule has 24 heavy (non-hydrogen) atoms. The first kappa shape index (κ1) is 17.0. The van der Waals surface area contributed by atoms with Gasteiger partial charge in [0.25, 0.3) is 0 Å². The van der Waals surface area contributed by atoms with Gasteiger partial charge in [0.15, 0.2) is 0 Å². The molecule has 1 aliphatic carbocycles. The van der Waals surface area contributed by atoms with Crippen LogP contribution in [0.3, 0.4) is 0 Å². The molecule has 0 radical (unpaired) electrons. The summed E-state index contributed by atoms with van der Waals surface area (Å²) in [5.74, 6) is 0.178. The lowest BCUT2D eigenvalue weighted by molar-refractivity contribution is 0.228. The Kier molecular flexibility index (Phi) is 5.88. The summed E-state index contributed by atoms with van der Waals surface area (Å²) >= 11 is 0. The summed E-state index contributed by atoms with van der Waals surface area (Å²) in [6, 6.07) is 8.57. The topological polar surface area (TPSA) is 64.6 Å². The molecule has 2 amide bonds. The number of rotatable bonds is 6. The van der Waals surface area contributed by atoms with Gasteiger partial charge in [0.1, 0.15) is 0 Å². The summed E-state index contributed by atoms with van der Waals surface area (Å²) in [4.78, 5) is 14.3. The second-order valence-electron chi connectivity index (χ2n) is 6.72. The molecule has 3 N–H and O–H groups in total. The molecule has 0 bridgehead atoms. The second-order valence-corrected chi connectivity index (χ2v) is 6.72. The lowest BCUT2D eigenvalue weighted by Crippen LogP contribution is -2.42. The molecule has 0 aromatic heterocycles. The number of aliphatic hydroxyl groups excluding tert-OH is 1. The van der Waals surface area contributed by atoms with E-state index in [2.05, 4.69) is 39.8 Å². The molecule has 0 unspecified atom stereocenters. The summed E-state index contributed by atoms with van der Waals surface area (Å²) in [5, 5.41) is 15.0. The zero-order valence-electron chi connectivity index (χ0n) is 14.1. The molecule has 2 aliphatic rings. The highest BCUT2D eigenvalue weighted by Gasteiger charge is 2.19. The summed E-state index contributed by atoms with van der Waals surface area (Å²) in [5.41, 5.74) is 2.90. The fourth-order valence-electron chi connectivity index (χ4n) is 3.49. The number of carbonyl (C=O) groups excluding carboxylic acids is 1. The predicted octanol–water partition coefficient (Wildman–Crippen LogP) is 1.67. The van der Waals surface area contributed by atoms with Crippen molar-refractivity contribution in [1.29, 1.82) is 0 Å². The molecule has 5 nitrogen and oxygen atoms in total. The van der Waals surface area contributed by atoms with Crippen molar-refractivity contribution in [2.45, 2.75) is 31.8 Å². The van der Waals surface area contributed by atoms with Gasteiger partial charge in [0.05, 0.1) is 0 Å². The monoisotopic (exact) mass is 329 g/mol. The normalized spacial score (nSPS) is 23.0. The molecular weight excluding hydrogens is 302 g/mol. The van der Waals surface area contributed by atoms with Crippen molar-refractivity contribution in [3.8, 4) is 0 Å². The van der Waals surface area contributed by atoms with Crippen LogP contribution in [0.1, 0.15) is 24.0 Å². The largest absolute Gasteiger partial charge is 0.396 e. The van der Waals surface area contributed by atoms with Gasteiger partial charge in [-0.2, -0.15) is 0 Å². The van der Waals surface area contributed by atoms with Crippen LogP contribution >= 0.6 is 0 Å². The zero-order valence-corrected chi connectivity index (χ0v) is 14.1. The molecule has 0 saturated heterocycles. The second kappa shape index (κ2) is 8.31. The number of urea groups is 1. The van der Waals surface area contributed by atoms with E-state index in [1.165, 1.54) is 11.1 Å². The molecule has 5 heteroatoms. The first-order valence-corrected chi connectivity index (χ1v) is 8.87. The Balaban J connectivity index is 1.30. The van der Waals surface area contributed by atoms with Crippen LogP contribution in [-0.2, 0) is 13.0 Å². The molecule has 1 heterocycles. The van der Waals surface area contributed by atoms with E-state index < -0.39 is 0 Å². The van der Waals surface area contributed by atoms with Crippen LogP contribution < -0.4 is 10.6 Å². The van der Waals surface area contributed by atoms with Gasteiger partial charge in [-0.25, -0.2) is 4.79 Å². The van der Waals surface area contributed by atoms with Crippen LogP contribution in [0.25, 0.3) is 0 Å². The SMILES string of the molecule is O=C(NCCCN1CCc2ccccc2C1)N[C@@H]1C=C[C@H](CO)C1. The highest BCUT2D eigenvalue weighted by Crippen LogP contribution is 2.18. The Morgan fingerprint density at radius 2 is 2.08 bits per heavy atom. The molecule has 1 aromatic carbocycles. The van der Waals surface area contributed by atoms with Gasteiger partial charge in [-0.3, -0.25) is 4.90 Å². The van der Waals surface area contributed by atoms with E-state index >= 15 is 0 Å². The van der Waals surface area contributed by atoms with Crippen LogP contribution in [0.4, 0.5) is 4.79 Å². The third-order valence-electron chi connectivity index (χ3n) is 4.87. The minimum Gasteiger partial charge on any atom is -0.396 e. The number of carbonyl (C=O) groups is 1. The number of amides is 2. The van der Waals surface area contributed by atoms with E-state index in [0.29, 0.717) is 6.54 Å². The Morgan fingerprint density at radius 3 is 2.88 bits per heavy atom. The van der Waals surface area contributed by atoms with Gasteiger partial charge in [0.2, 0.25) is 0 Å². The van der Waals surface area contributed by atoms with Gasteiger partial charge >= 0.3 is 6.03 Å². The molecule has 1 aliphatic heterocycles. The fourth-order valence-corrected chi connectivity index (χ4v) is 3.49. The van der Waals surface area contributed by atoms with Crippen molar-refractivity contribution in [1.82, 2.24) is 15.5 Å². The number of fused-ring (bicyclic) bond motifs is 1. The van der Waals surface area contributed by atoms with E-state index in [1.54, 1.807) is 0 Å². The molecular formula is C19H27N3O2. The Bertz CT molecular complexity index is 588. The fraction of sp³-hybridized carbons (Fsp3) is 0.526. The summed E-state index contributed by atoms with van der Waals surface area (Å²) in [6.45, 7) is 3.94. The van der Waals surface area contributed by atoms with E-state index in [4.69, 9.17) is 5.11 Å². The van der Waals surface area contributed by atoms with Crippen molar-refractivity contribution >= 4 is 6.03 Å². The third-order valence-corrected chi connectivity index (χ3v) is 4.87. The van der Waals surface area contributed by atoms with Crippen LogP contribution in [0.2, 0.25) is 0 Å².